The zero-order chi connectivity index (χ0) is 22.4. The number of carbonyl (C=O) groups is 2. The Hall–Kier alpha value is -2.40. The molecule has 3 rings (SSSR count). The van der Waals surface area contributed by atoms with Crippen LogP contribution in [0.3, 0.4) is 0 Å². The van der Waals surface area contributed by atoms with Gasteiger partial charge in [-0.3, -0.25) is 14.2 Å². The van der Waals surface area contributed by atoms with E-state index in [4.69, 9.17) is 18.5 Å². The van der Waals surface area contributed by atoms with Crippen LogP contribution in [0.2, 0.25) is 0 Å². The number of hydrogen-bond donors (Lipinski definition) is 1. The minimum Gasteiger partial charge on any atom is -0.466 e. The van der Waals surface area contributed by atoms with Gasteiger partial charge in [0.05, 0.1) is 45.2 Å². The molecule has 1 aliphatic rings. The SMILES string of the molecule is CCOC(=O)CC1COP(=O)(CO[C@H](C)Cn2cnc3c(NC(C)=O)ncnc32)OC1. The molecule has 0 radical (unpaired) electrons. The molecule has 1 saturated heterocycles. The molecule has 13 heteroatoms. The Morgan fingerprint density at radius 3 is 2.74 bits per heavy atom. The lowest BCUT2D eigenvalue weighted by molar-refractivity contribution is -0.145. The van der Waals surface area contributed by atoms with E-state index in [0.29, 0.717) is 30.1 Å². The number of nitrogens with zero attached hydrogens (tertiary/aromatic N) is 4. The number of fused-ring (bicyclic) bond motifs is 1. The predicted octanol–water partition coefficient (Wildman–Crippen LogP) is 1.96. The molecule has 1 N–H and O–H groups in total. The zero-order valence-corrected chi connectivity index (χ0v) is 18.5. The number of hydrogen-bond acceptors (Lipinski definition) is 10. The van der Waals surface area contributed by atoms with Crippen molar-refractivity contribution in [3.63, 3.8) is 0 Å². The molecular formula is C18H26N5O7P. The summed E-state index contributed by atoms with van der Waals surface area (Å²) < 4.78 is 35.8. The summed E-state index contributed by atoms with van der Waals surface area (Å²) in [6.45, 7) is 5.90. The molecule has 1 atom stereocenters. The van der Waals surface area contributed by atoms with Crippen molar-refractivity contribution in [2.45, 2.75) is 39.8 Å². The first-order valence-corrected chi connectivity index (χ1v) is 11.6. The van der Waals surface area contributed by atoms with Crippen molar-refractivity contribution in [3.05, 3.63) is 12.7 Å². The number of anilines is 1. The summed E-state index contributed by atoms with van der Waals surface area (Å²) in [5.74, 6) is -0.462. The second kappa shape index (κ2) is 10.3. The Bertz CT molecular complexity index is 969. The first-order valence-electron chi connectivity index (χ1n) is 9.88. The van der Waals surface area contributed by atoms with Crippen molar-refractivity contribution in [3.8, 4) is 0 Å². The van der Waals surface area contributed by atoms with Gasteiger partial charge in [-0.2, -0.15) is 0 Å². The van der Waals surface area contributed by atoms with Crippen molar-refractivity contribution in [2.24, 2.45) is 5.92 Å². The summed E-state index contributed by atoms with van der Waals surface area (Å²) in [5, 5.41) is 2.61. The molecular weight excluding hydrogens is 429 g/mol. The summed E-state index contributed by atoms with van der Waals surface area (Å²) in [5.41, 5.74) is 0.997. The Morgan fingerprint density at radius 2 is 2.06 bits per heavy atom. The Balaban J connectivity index is 1.51. The Labute approximate surface area is 179 Å². The topological polar surface area (TPSA) is 144 Å². The van der Waals surface area contributed by atoms with Gasteiger partial charge < -0.3 is 28.4 Å². The number of carbonyl (C=O) groups excluding carboxylic acids is 2. The predicted molar refractivity (Wildman–Crippen MR) is 109 cm³/mol. The maximum absolute atomic E-state index is 12.7. The van der Waals surface area contributed by atoms with Gasteiger partial charge in [0.1, 0.15) is 12.7 Å². The minimum absolute atomic E-state index is 0.142. The lowest BCUT2D eigenvalue weighted by Crippen LogP contribution is -2.26. The molecule has 31 heavy (non-hydrogen) atoms. The normalized spacial score (nSPS) is 22.2. The quantitative estimate of drug-likeness (QED) is 0.440. The van der Waals surface area contributed by atoms with Gasteiger partial charge in [0, 0.05) is 12.8 Å². The third-order valence-electron chi connectivity index (χ3n) is 4.44. The fraction of sp³-hybridized carbons (Fsp3) is 0.611. The van der Waals surface area contributed by atoms with Gasteiger partial charge in [0.2, 0.25) is 5.91 Å². The highest BCUT2D eigenvalue weighted by molar-refractivity contribution is 7.53. The van der Waals surface area contributed by atoms with Gasteiger partial charge in [-0.1, -0.05) is 0 Å². The molecule has 3 heterocycles. The number of aromatic nitrogens is 4. The highest BCUT2D eigenvalue weighted by Gasteiger charge is 2.34. The van der Waals surface area contributed by atoms with E-state index in [1.54, 1.807) is 24.7 Å². The summed E-state index contributed by atoms with van der Waals surface area (Å²) in [6, 6.07) is 0. The fourth-order valence-electron chi connectivity index (χ4n) is 2.99. The monoisotopic (exact) mass is 455 g/mol. The number of imidazole rings is 1. The average molecular weight is 455 g/mol. The number of nitrogens with one attached hydrogen (secondary N) is 1. The van der Waals surface area contributed by atoms with Gasteiger partial charge in [-0.15, -0.1) is 0 Å². The van der Waals surface area contributed by atoms with Gasteiger partial charge in [0.15, 0.2) is 17.0 Å². The molecule has 1 aliphatic heterocycles. The van der Waals surface area contributed by atoms with Crippen LogP contribution in [-0.4, -0.2) is 63.7 Å². The molecule has 2 aromatic rings. The molecule has 0 unspecified atom stereocenters. The molecule has 1 amide bonds. The van der Waals surface area contributed by atoms with Crippen LogP contribution in [-0.2, 0) is 39.2 Å². The van der Waals surface area contributed by atoms with Crippen LogP contribution < -0.4 is 5.32 Å². The summed E-state index contributed by atoms with van der Waals surface area (Å²) >= 11 is 0. The van der Waals surface area contributed by atoms with Crippen molar-refractivity contribution in [1.82, 2.24) is 19.5 Å². The van der Waals surface area contributed by atoms with E-state index in [1.807, 2.05) is 0 Å². The third kappa shape index (κ3) is 6.30. The molecule has 0 bridgehead atoms. The van der Waals surface area contributed by atoms with Crippen LogP contribution in [0.5, 0.6) is 0 Å². The lowest BCUT2D eigenvalue weighted by Gasteiger charge is -2.29. The van der Waals surface area contributed by atoms with Crippen molar-refractivity contribution < 1.29 is 32.7 Å². The van der Waals surface area contributed by atoms with E-state index < -0.39 is 7.60 Å². The van der Waals surface area contributed by atoms with E-state index in [9.17, 15) is 14.2 Å². The lowest BCUT2D eigenvalue weighted by atomic mass is 10.1. The summed E-state index contributed by atoms with van der Waals surface area (Å²) in [7, 11) is -3.40. The van der Waals surface area contributed by atoms with Crippen LogP contribution in [0.1, 0.15) is 27.2 Å². The summed E-state index contributed by atoms with van der Waals surface area (Å²) in [4.78, 5) is 35.4. The minimum atomic E-state index is -3.40. The van der Waals surface area contributed by atoms with Crippen LogP contribution in [0, 0.1) is 5.92 Å². The second-order valence-corrected chi connectivity index (χ2v) is 9.15. The van der Waals surface area contributed by atoms with E-state index in [1.165, 1.54) is 13.3 Å². The molecule has 0 aromatic carbocycles. The highest BCUT2D eigenvalue weighted by Crippen LogP contribution is 2.51. The van der Waals surface area contributed by atoms with E-state index in [2.05, 4.69) is 20.3 Å². The summed E-state index contributed by atoms with van der Waals surface area (Å²) in [6.07, 6.45) is 2.50. The maximum atomic E-state index is 12.7. The van der Waals surface area contributed by atoms with E-state index in [-0.39, 0.29) is 49.9 Å². The molecule has 1 fully saturated rings. The van der Waals surface area contributed by atoms with E-state index >= 15 is 0 Å². The van der Waals surface area contributed by atoms with Crippen LogP contribution in [0.25, 0.3) is 11.2 Å². The van der Waals surface area contributed by atoms with Gasteiger partial charge in [0.25, 0.3) is 0 Å². The van der Waals surface area contributed by atoms with Crippen molar-refractivity contribution in [1.29, 1.82) is 0 Å². The number of ether oxygens (including phenoxy) is 2. The first-order chi connectivity index (χ1) is 14.8. The molecule has 2 aromatic heterocycles. The Morgan fingerprint density at radius 1 is 1.32 bits per heavy atom. The second-order valence-electron chi connectivity index (χ2n) is 7.16. The molecule has 12 nitrogen and oxygen atoms in total. The van der Waals surface area contributed by atoms with Crippen LogP contribution in [0.4, 0.5) is 5.82 Å². The third-order valence-corrected chi connectivity index (χ3v) is 5.99. The van der Waals surface area contributed by atoms with E-state index in [0.717, 1.165) is 0 Å². The highest BCUT2D eigenvalue weighted by atomic mass is 31.2. The maximum Gasteiger partial charge on any atom is 0.356 e. The fourth-order valence-corrected chi connectivity index (χ4v) is 4.53. The molecule has 170 valence electrons. The molecule has 0 spiro atoms. The number of esters is 1. The van der Waals surface area contributed by atoms with Crippen molar-refractivity contribution >= 4 is 36.5 Å². The van der Waals surface area contributed by atoms with Gasteiger partial charge in [-0.05, 0) is 13.8 Å². The average Bonchev–Trinajstić information content (AvgIpc) is 3.12. The van der Waals surface area contributed by atoms with Gasteiger partial charge >= 0.3 is 13.6 Å². The smallest absolute Gasteiger partial charge is 0.356 e. The first kappa shape index (κ1) is 23.3. The standard InChI is InChI=1S/C18H26N5O7P/c1-4-27-15(25)5-14-7-29-31(26,30-8-14)11-28-12(2)6-23-10-21-16-17(22-13(3)24)19-9-20-18(16)23/h9-10,12,14H,4-8,11H2,1-3H3,(H,19,20,22,24)/t12-,14?,31?/m1/s1. The zero-order valence-electron chi connectivity index (χ0n) is 17.6. The van der Waals surface area contributed by atoms with Gasteiger partial charge in [-0.25, -0.2) is 15.0 Å². The largest absolute Gasteiger partial charge is 0.466 e. The van der Waals surface area contributed by atoms with Crippen molar-refractivity contribution in [2.75, 3.05) is 31.5 Å². The Kier molecular flexibility index (Phi) is 7.71. The molecule has 0 saturated carbocycles. The number of rotatable bonds is 9. The van der Waals surface area contributed by atoms with Crippen LogP contribution >= 0.6 is 7.60 Å². The molecule has 0 aliphatic carbocycles. The van der Waals surface area contributed by atoms with Crippen LogP contribution in [0.15, 0.2) is 12.7 Å². The number of amides is 1.